The third-order valence-corrected chi connectivity index (χ3v) is 4.64. The molecule has 0 fully saturated rings. The predicted molar refractivity (Wildman–Crippen MR) is 95.0 cm³/mol. The number of rotatable bonds is 4. The molecule has 0 saturated carbocycles. The van der Waals surface area contributed by atoms with E-state index in [2.05, 4.69) is 15.4 Å². The number of hydrogen-bond donors (Lipinski definition) is 1. The first-order valence-electron chi connectivity index (χ1n) is 7.28. The largest absolute Gasteiger partial charge is 0.356 e. The molecule has 0 saturated heterocycles. The summed E-state index contributed by atoms with van der Waals surface area (Å²) in [4.78, 5) is 5.38. The van der Waals surface area contributed by atoms with Crippen LogP contribution in [0.3, 0.4) is 0 Å². The fraction of sp³-hybridized carbons (Fsp3) is 0.0588. The molecule has 0 spiro atoms. The molecular formula is C17H12ClFN4S. The van der Waals surface area contributed by atoms with Crippen molar-refractivity contribution in [2.45, 2.75) is 6.54 Å². The van der Waals surface area contributed by atoms with Crippen LogP contribution in [0.4, 0.5) is 9.52 Å². The molecule has 0 aliphatic rings. The molecule has 0 aliphatic carbocycles. The van der Waals surface area contributed by atoms with Crippen LogP contribution in [-0.2, 0) is 6.54 Å². The summed E-state index contributed by atoms with van der Waals surface area (Å²) in [5.74, 6) is -0.236. The van der Waals surface area contributed by atoms with E-state index in [1.165, 1.54) is 23.5 Å². The van der Waals surface area contributed by atoms with Gasteiger partial charge in [0.15, 0.2) is 0 Å². The van der Waals surface area contributed by atoms with E-state index in [9.17, 15) is 4.39 Å². The lowest BCUT2D eigenvalue weighted by atomic mass is 10.2. The monoisotopic (exact) mass is 358 g/mol. The molecule has 4 nitrogen and oxygen atoms in total. The third-order valence-electron chi connectivity index (χ3n) is 3.52. The van der Waals surface area contributed by atoms with Gasteiger partial charge < -0.3 is 5.32 Å². The highest BCUT2D eigenvalue weighted by molar-refractivity contribution is 7.20. The van der Waals surface area contributed by atoms with Crippen molar-refractivity contribution in [2.24, 2.45) is 0 Å². The summed E-state index contributed by atoms with van der Waals surface area (Å²) in [7, 11) is 0. The molecule has 4 aromatic rings. The number of imidazole rings is 1. The van der Waals surface area contributed by atoms with E-state index in [0.29, 0.717) is 11.6 Å². The Morgan fingerprint density at radius 2 is 2.00 bits per heavy atom. The summed E-state index contributed by atoms with van der Waals surface area (Å²) in [6, 6.07) is 14.0. The van der Waals surface area contributed by atoms with Gasteiger partial charge in [0.05, 0.1) is 11.9 Å². The van der Waals surface area contributed by atoms with Gasteiger partial charge in [-0.3, -0.25) is 0 Å². The van der Waals surface area contributed by atoms with Gasteiger partial charge in [0.25, 0.3) is 0 Å². The average molecular weight is 359 g/mol. The van der Waals surface area contributed by atoms with Gasteiger partial charge in [0, 0.05) is 17.1 Å². The van der Waals surface area contributed by atoms with E-state index in [-0.39, 0.29) is 5.82 Å². The van der Waals surface area contributed by atoms with Gasteiger partial charge in [-0.05, 0) is 29.8 Å². The van der Waals surface area contributed by atoms with Gasteiger partial charge in [-0.15, -0.1) is 5.10 Å². The molecular weight excluding hydrogens is 347 g/mol. The summed E-state index contributed by atoms with van der Waals surface area (Å²) < 4.78 is 14.6. The zero-order valence-electron chi connectivity index (χ0n) is 12.4. The van der Waals surface area contributed by atoms with Crippen LogP contribution in [-0.4, -0.2) is 14.6 Å². The van der Waals surface area contributed by atoms with E-state index in [1.807, 2.05) is 30.5 Å². The van der Waals surface area contributed by atoms with E-state index >= 15 is 0 Å². The van der Waals surface area contributed by atoms with Crippen molar-refractivity contribution in [3.8, 4) is 11.3 Å². The van der Waals surface area contributed by atoms with Crippen molar-refractivity contribution in [3.63, 3.8) is 0 Å². The fourth-order valence-corrected chi connectivity index (χ4v) is 3.31. The SMILES string of the molecule is Fc1ccc(CNc2nn3cc(-c4cccc(Cl)c4)nc3s2)cc1. The van der Waals surface area contributed by atoms with Gasteiger partial charge in [-0.1, -0.05) is 47.2 Å². The lowest BCUT2D eigenvalue weighted by Gasteiger charge is -2.01. The maximum atomic E-state index is 12.9. The Balaban J connectivity index is 1.52. The predicted octanol–water partition coefficient (Wildman–Crippen LogP) is 4.86. The van der Waals surface area contributed by atoms with Gasteiger partial charge in [0.1, 0.15) is 5.82 Å². The summed E-state index contributed by atoms with van der Waals surface area (Å²) in [5.41, 5.74) is 2.78. The average Bonchev–Trinajstić information content (AvgIpc) is 3.13. The molecule has 0 atom stereocenters. The Morgan fingerprint density at radius 1 is 1.17 bits per heavy atom. The first kappa shape index (κ1) is 15.1. The lowest BCUT2D eigenvalue weighted by molar-refractivity contribution is 0.627. The van der Waals surface area contributed by atoms with Crippen LogP contribution in [0.5, 0.6) is 0 Å². The van der Waals surface area contributed by atoms with E-state index in [0.717, 1.165) is 26.9 Å². The first-order valence-corrected chi connectivity index (χ1v) is 8.47. The van der Waals surface area contributed by atoms with Crippen molar-refractivity contribution >= 4 is 33.0 Å². The highest BCUT2D eigenvalue weighted by Crippen LogP contribution is 2.26. The lowest BCUT2D eigenvalue weighted by Crippen LogP contribution is -1.99. The minimum Gasteiger partial charge on any atom is -0.356 e. The van der Waals surface area contributed by atoms with Crippen LogP contribution >= 0.6 is 22.9 Å². The van der Waals surface area contributed by atoms with Gasteiger partial charge in [-0.2, -0.15) is 0 Å². The van der Waals surface area contributed by atoms with E-state index < -0.39 is 0 Å². The van der Waals surface area contributed by atoms with Gasteiger partial charge >= 0.3 is 0 Å². The number of fused-ring (bicyclic) bond motifs is 1. The van der Waals surface area contributed by atoms with E-state index in [4.69, 9.17) is 11.6 Å². The van der Waals surface area contributed by atoms with Crippen LogP contribution in [0, 0.1) is 5.82 Å². The number of hydrogen-bond acceptors (Lipinski definition) is 4. The molecule has 24 heavy (non-hydrogen) atoms. The number of benzene rings is 2. The molecule has 0 bridgehead atoms. The second kappa shape index (κ2) is 6.22. The molecule has 2 aromatic carbocycles. The Bertz CT molecular complexity index is 962. The molecule has 0 aliphatic heterocycles. The van der Waals surface area contributed by atoms with Crippen molar-refractivity contribution in [1.82, 2.24) is 14.6 Å². The van der Waals surface area contributed by atoms with Crippen LogP contribution < -0.4 is 5.32 Å². The number of nitrogens with zero attached hydrogens (tertiary/aromatic N) is 3. The Labute approximate surface area is 146 Å². The minimum absolute atomic E-state index is 0.236. The summed E-state index contributed by atoms with van der Waals surface area (Å²) in [6.07, 6.45) is 1.88. The third kappa shape index (κ3) is 3.11. The number of nitrogens with one attached hydrogen (secondary N) is 1. The molecule has 0 radical (unpaired) electrons. The van der Waals surface area contributed by atoms with Crippen molar-refractivity contribution in [3.05, 3.63) is 71.1 Å². The fourth-order valence-electron chi connectivity index (χ4n) is 2.34. The number of aromatic nitrogens is 3. The van der Waals surface area contributed by atoms with Gasteiger partial charge in [0.2, 0.25) is 10.1 Å². The molecule has 0 amide bonds. The second-order valence-corrected chi connectivity index (χ2v) is 6.64. The van der Waals surface area contributed by atoms with Crippen LogP contribution in [0.1, 0.15) is 5.56 Å². The Kier molecular flexibility index (Phi) is 3.92. The smallest absolute Gasteiger partial charge is 0.214 e. The summed E-state index contributed by atoms with van der Waals surface area (Å²) in [6.45, 7) is 0.581. The van der Waals surface area contributed by atoms with Crippen molar-refractivity contribution in [1.29, 1.82) is 0 Å². The summed E-state index contributed by atoms with van der Waals surface area (Å²) >= 11 is 7.48. The molecule has 2 heterocycles. The zero-order valence-corrected chi connectivity index (χ0v) is 14.0. The van der Waals surface area contributed by atoms with Gasteiger partial charge in [-0.25, -0.2) is 13.9 Å². The maximum absolute atomic E-state index is 12.9. The van der Waals surface area contributed by atoms with Crippen molar-refractivity contribution < 1.29 is 4.39 Å². The Morgan fingerprint density at radius 3 is 2.75 bits per heavy atom. The second-order valence-electron chi connectivity index (χ2n) is 5.25. The Hall–Kier alpha value is -2.44. The molecule has 0 unspecified atom stereocenters. The number of anilines is 1. The highest BCUT2D eigenvalue weighted by atomic mass is 35.5. The van der Waals surface area contributed by atoms with E-state index in [1.54, 1.807) is 16.6 Å². The minimum atomic E-state index is -0.236. The topological polar surface area (TPSA) is 42.2 Å². The standard InChI is InChI=1S/C17H12ClFN4S/c18-13-3-1-2-12(8-13)15-10-23-17(21-15)24-16(22-23)20-9-11-4-6-14(19)7-5-11/h1-8,10H,9H2,(H,20,22). The number of halogens is 2. The molecule has 2 aromatic heterocycles. The van der Waals surface area contributed by atoms with Crippen LogP contribution in [0.2, 0.25) is 5.02 Å². The first-order chi connectivity index (χ1) is 11.7. The zero-order chi connectivity index (χ0) is 16.5. The molecule has 120 valence electrons. The maximum Gasteiger partial charge on any atom is 0.214 e. The van der Waals surface area contributed by atoms with Crippen LogP contribution in [0.25, 0.3) is 16.2 Å². The highest BCUT2D eigenvalue weighted by Gasteiger charge is 2.10. The molecule has 7 heteroatoms. The molecule has 4 rings (SSSR count). The summed E-state index contributed by atoms with van der Waals surface area (Å²) in [5, 5.41) is 9.14. The van der Waals surface area contributed by atoms with Crippen LogP contribution in [0.15, 0.2) is 54.7 Å². The quantitative estimate of drug-likeness (QED) is 0.566. The molecule has 1 N–H and O–H groups in total. The van der Waals surface area contributed by atoms with Crippen molar-refractivity contribution in [2.75, 3.05) is 5.32 Å². The normalized spacial score (nSPS) is 11.1.